The number of aromatic carboxylic acids is 1. The molecule has 1 heterocycles. The predicted octanol–water partition coefficient (Wildman–Crippen LogP) is 4.10. The highest BCUT2D eigenvalue weighted by Gasteiger charge is 2.21. The van der Waals surface area contributed by atoms with Crippen LogP contribution in [0.4, 0.5) is 5.69 Å². The van der Waals surface area contributed by atoms with Crippen LogP contribution in [0.3, 0.4) is 0 Å². The Morgan fingerprint density at radius 3 is 2.06 bits per heavy atom. The largest absolute Gasteiger partial charge is 0.508 e. The fraction of sp³-hybridized carbons (Fsp3) is 0.269. The van der Waals surface area contributed by atoms with Gasteiger partial charge in [0, 0.05) is 38.4 Å². The third-order valence-electron chi connectivity index (χ3n) is 6.02. The van der Waals surface area contributed by atoms with E-state index < -0.39 is 5.97 Å². The summed E-state index contributed by atoms with van der Waals surface area (Å²) in [6.45, 7) is 4.11. The first kappa shape index (κ1) is 22.5. The van der Waals surface area contributed by atoms with Crippen LogP contribution in [0, 0.1) is 0 Å². The number of carboxylic acid groups (broad SMARTS) is 1. The van der Waals surface area contributed by atoms with Crippen molar-refractivity contribution in [3.63, 3.8) is 0 Å². The number of phenols is 1. The molecule has 172 valence electrons. The van der Waals surface area contributed by atoms with E-state index >= 15 is 0 Å². The van der Waals surface area contributed by atoms with E-state index in [0.717, 1.165) is 60.1 Å². The molecule has 0 aromatic heterocycles. The first-order valence-corrected chi connectivity index (χ1v) is 10.8. The zero-order valence-corrected chi connectivity index (χ0v) is 18.8. The van der Waals surface area contributed by atoms with Gasteiger partial charge in [0.1, 0.15) is 17.2 Å². The summed E-state index contributed by atoms with van der Waals surface area (Å²) < 4.78 is 11.4. The van der Waals surface area contributed by atoms with Gasteiger partial charge in [-0.25, -0.2) is 4.79 Å². The molecule has 0 spiro atoms. The Morgan fingerprint density at radius 1 is 0.879 bits per heavy atom. The number of carboxylic acids is 1. The van der Waals surface area contributed by atoms with Crippen molar-refractivity contribution in [2.24, 2.45) is 0 Å². The van der Waals surface area contributed by atoms with E-state index in [0.29, 0.717) is 12.1 Å². The Morgan fingerprint density at radius 2 is 1.52 bits per heavy atom. The lowest BCUT2D eigenvalue weighted by molar-refractivity contribution is 0.0697. The van der Waals surface area contributed by atoms with Crippen LogP contribution in [0.1, 0.15) is 15.9 Å². The second kappa shape index (κ2) is 9.83. The van der Waals surface area contributed by atoms with E-state index in [9.17, 15) is 9.90 Å². The molecule has 33 heavy (non-hydrogen) atoms. The van der Waals surface area contributed by atoms with Gasteiger partial charge in [-0.1, -0.05) is 12.1 Å². The van der Waals surface area contributed by atoms with Crippen LogP contribution in [-0.4, -0.2) is 61.5 Å². The first-order valence-electron chi connectivity index (χ1n) is 10.8. The number of aromatic hydroxyl groups is 1. The van der Waals surface area contributed by atoms with E-state index in [1.807, 2.05) is 36.4 Å². The molecule has 7 heteroatoms. The number of hydrogen-bond donors (Lipinski definition) is 2. The highest BCUT2D eigenvalue weighted by molar-refractivity contribution is 5.88. The molecule has 3 aromatic carbocycles. The van der Waals surface area contributed by atoms with Gasteiger partial charge in [0.2, 0.25) is 0 Å². The first-order chi connectivity index (χ1) is 16.0. The van der Waals surface area contributed by atoms with Crippen LogP contribution in [0.5, 0.6) is 17.2 Å². The van der Waals surface area contributed by atoms with Gasteiger partial charge in [-0.05, 0) is 59.7 Å². The number of benzene rings is 3. The number of anilines is 1. The average Bonchev–Trinajstić information content (AvgIpc) is 2.84. The quantitative estimate of drug-likeness (QED) is 0.563. The summed E-state index contributed by atoms with van der Waals surface area (Å²) in [6, 6.07) is 18.1. The van der Waals surface area contributed by atoms with Gasteiger partial charge in [-0.2, -0.15) is 0 Å². The summed E-state index contributed by atoms with van der Waals surface area (Å²) in [5, 5.41) is 18.9. The molecule has 0 atom stereocenters. The van der Waals surface area contributed by atoms with Gasteiger partial charge >= 0.3 is 5.97 Å². The lowest BCUT2D eigenvalue weighted by atomic mass is 10.0. The molecule has 1 aliphatic heterocycles. The highest BCUT2D eigenvalue weighted by Crippen LogP contribution is 2.37. The molecule has 2 N–H and O–H groups in total. The molecule has 1 saturated heterocycles. The van der Waals surface area contributed by atoms with E-state index in [2.05, 4.69) is 9.80 Å². The van der Waals surface area contributed by atoms with Crippen molar-refractivity contribution < 1.29 is 24.5 Å². The van der Waals surface area contributed by atoms with Crippen molar-refractivity contribution >= 4 is 11.7 Å². The smallest absolute Gasteiger partial charge is 0.335 e. The van der Waals surface area contributed by atoms with E-state index in [4.69, 9.17) is 14.6 Å². The zero-order valence-electron chi connectivity index (χ0n) is 18.8. The third kappa shape index (κ3) is 5.04. The van der Waals surface area contributed by atoms with Gasteiger partial charge in [0.25, 0.3) is 0 Å². The van der Waals surface area contributed by atoms with Crippen LogP contribution in [-0.2, 0) is 6.54 Å². The van der Waals surface area contributed by atoms with Crippen molar-refractivity contribution in [2.75, 3.05) is 45.3 Å². The molecular formula is C26H28N2O5. The lowest BCUT2D eigenvalue weighted by Gasteiger charge is -2.36. The molecule has 7 nitrogen and oxygen atoms in total. The summed E-state index contributed by atoms with van der Waals surface area (Å²) in [4.78, 5) is 15.7. The molecule has 3 aromatic rings. The highest BCUT2D eigenvalue weighted by atomic mass is 16.5. The maximum Gasteiger partial charge on any atom is 0.335 e. The van der Waals surface area contributed by atoms with Gasteiger partial charge in [0.05, 0.1) is 25.3 Å². The molecule has 4 rings (SSSR count). The summed E-state index contributed by atoms with van der Waals surface area (Å²) >= 11 is 0. The van der Waals surface area contributed by atoms with Gasteiger partial charge in [-0.15, -0.1) is 0 Å². The fourth-order valence-corrected chi connectivity index (χ4v) is 4.19. The SMILES string of the molecule is COc1cc(-c2cccc(O)c2)cc(OC)c1CN1CCN(c2ccc(C(=O)O)cc2)CC1. The van der Waals surface area contributed by atoms with Crippen LogP contribution in [0.25, 0.3) is 11.1 Å². The third-order valence-corrected chi connectivity index (χ3v) is 6.02. The van der Waals surface area contributed by atoms with E-state index in [1.54, 1.807) is 38.5 Å². The Kier molecular flexibility index (Phi) is 6.70. The monoisotopic (exact) mass is 448 g/mol. The Bertz CT molecular complexity index is 1100. The fourth-order valence-electron chi connectivity index (χ4n) is 4.19. The van der Waals surface area contributed by atoms with E-state index in [1.165, 1.54) is 0 Å². The Balaban J connectivity index is 1.48. The van der Waals surface area contributed by atoms with E-state index in [-0.39, 0.29) is 5.75 Å². The second-order valence-corrected chi connectivity index (χ2v) is 8.02. The molecule has 0 saturated carbocycles. The molecule has 0 radical (unpaired) electrons. The van der Waals surface area contributed by atoms with Crippen molar-refractivity contribution in [1.82, 2.24) is 4.90 Å². The standard InChI is InChI=1S/C26H28N2O5/c1-32-24-15-20(19-4-3-5-22(29)14-19)16-25(33-2)23(24)17-27-10-12-28(13-11-27)21-8-6-18(7-9-21)26(30)31/h3-9,14-16,29H,10-13,17H2,1-2H3,(H,30,31). The van der Waals surface area contributed by atoms with Gasteiger partial charge < -0.3 is 24.6 Å². The zero-order chi connectivity index (χ0) is 23.4. The van der Waals surface area contributed by atoms with Crippen molar-refractivity contribution in [3.05, 3.63) is 71.8 Å². The minimum Gasteiger partial charge on any atom is -0.508 e. The van der Waals surface area contributed by atoms with Crippen LogP contribution < -0.4 is 14.4 Å². The van der Waals surface area contributed by atoms with Crippen molar-refractivity contribution in [3.8, 4) is 28.4 Å². The number of rotatable bonds is 7. The van der Waals surface area contributed by atoms with Crippen LogP contribution in [0.2, 0.25) is 0 Å². The average molecular weight is 449 g/mol. The number of ether oxygens (including phenoxy) is 2. The maximum atomic E-state index is 11.1. The number of nitrogens with zero attached hydrogens (tertiary/aromatic N) is 2. The summed E-state index contributed by atoms with van der Waals surface area (Å²) in [6.07, 6.45) is 0. The van der Waals surface area contributed by atoms with Crippen molar-refractivity contribution in [1.29, 1.82) is 0 Å². The molecule has 0 aliphatic carbocycles. The topological polar surface area (TPSA) is 82.5 Å². The number of methoxy groups -OCH3 is 2. The lowest BCUT2D eigenvalue weighted by Crippen LogP contribution is -2.46. The molecular weight excluding hydrogens is 420 g/mol. The minimum absolute atomic E-state index is 0.213. The number of phenolic OH excluding ortho intramolecular Hbond substituents is 1. The Labute approximate surface area is 193 Å². The van der Waals surface area contributed by atoms with Crippen LogP contribution in [0.15, 0.2) is 60.7 Å². The van der Waals surface area contributed by atoms with Gasteiger partial charge in [-0.3, -0.25) is 4.90 Å². The minimum atomic E-state index is -0.913. The predicted molar refractivity (Wildman–Crippen MR) is 128 cm³/mol. The number of piperazine rings is 1. The number of carbonyl (C=O) groups is 1. The molecule has 0 bridgehead atoms. The van der Waals surface area contributed by atoms with Gasteiger partial charge in [0.15, 0.2) is 0 Å². The number of hydrogen-bond acceptors (Lipinski definition) is 6. The normalized spacial score (nSPS) is 14.2. The molecule has 0 amide bonds. The summed E-state index contributed by atoms with van der Waals surface area (Å²) in [5.74, 6) is 0.799. The molecule has 0 unspecified atom stereocenters. The Hall–Kier alpha value is -3.71. The maximum absolute atomic E-state index is 11.1. The van der Waals surface area contributed by atoms with Crippen LogP contribution >= 0.6 is 0 Å². The second-order valence-electron chi connectivity index (χ2n) is 8.02. The molecule has 1 aliphatic rings. The van der Waals surface area contributed by atoms with Crippen molar-refractivity contribution in [2.45, 2.75) is 6.54 Å². The summed E-state index contributed by atoms with van der Waals surface area (Å²) in [7, 11) is 3.31. The molecule has 1 fully saturated rings. The summed E-state index contributed by atoms with van der Waals surface area (Å²) in [5.41, 5.74) is 4.12.